The van der Waals surface area contributed by atoms with E-state index in [9.17, 15) is 26.4 Å². The number of piperidine rings is 1. The van der Waals surface area contributed by atoms with Crippen molar-refractivity contribution < 1.29 is 26.4 Å². The van der Waals surface area contributed by atoms with Crippen LogP contribution < -0.4 is 15.4 Å². The van der Waals surface area contributed by atoms with Gasteiger partial charge in [0, 0.05) is 24.7 Å². The summed E-state index contributed by atoms with van der Waals surface area (Å²) in [5.74, 6) is -0.527. The lowest BCUT2D eigenvalue weighted by Gasteiger charge is -2.32. The standard InChI is InChI=1S/C19H20F3N3O3S/c20-19(21,22)16-6-1-2-7-17(16)29(27,28)24-14-4-3-5-15(12-14)25-10-8-13(9-11-25)18(23)26/h1-7,12-13,24H,8-11H2,(H2,23,26). The fourth-order valence-electron chi connectivity index (χ4n) is 3.33. The van der Waals surface area contributed by atoms with Gasteiger partial charge in [0.25, 0.3) is 10.0 Å². The second-order valence-corrected chi connectivity index (χ2v) is 8.46. The summed E-state index contributed by atoms with van der Waals surface area (Å²) in [6.45, 7) is 1.14. The van der Waals surface area contributed by atoms with Crippen molar-refractivity contribution in [2.24, 2.45) is 11.7 Å². The summed E-state index contributed by atoms with van der Waals surface area (Å²) in [5.41, 5.74) is 4.96. The molecule has 1 aliphatic heterocycles. The molecular weight excluding hydrogens is 407 g/mol. The highest BCUT2D eigenvalue weighted by atomic mass is 32.2. The van der Waals surface area contributed by atoms with Gasteiger partial charge in [-0.3, -0.25) is 9.52 Å². The normalized spacial score (nSPS) is 15.9. The molecule has 3 rings (SSSR count). The number of hydrogen-bond acceptors (Lipinski definition) is 4. The van der Waals surface area contributed by atoms with E-state index in [2.05, 4.69) is 4.72 Å². The third kappa shape index (κ3) is 4.81. The molecule has 1 aliphatic rings. The molecule has 0 radical (unpaired) electrons. The molecule has 0 atom stereocenters. The molecule has 3 N–H and O–H groups in total. The molecule has 0 aliphatic carbocycles. The predicted molar refractivity (Wildman–Crippen MR) is 103 cm³/mol. The number of amides is 1. The van der Waals surface area contributed by atoms with Gasteiger partial charge in [-0.2, -0.15) is 13.2 Å². The van der Waals surface area contributed by atoms with Crippen LogP contribution in [0.1, 0.15) is 18.4 Å². The van der Waals surface area contributed by atoms with Gasteiger partial charge in [-0.15, -0.1) is 0 Å². The van der Waals surface area contributed by atoms with E-state index in [0.29, 0.717) is 31.6 Å². The highest BCUT2D eigenvalue weighted by Gasteiger charge is 2.37. The summed E-state index contributed by atoms with van der Waals surface area (Å²) in [6, 6.07) is 10.4. The molecule has 6 nitrogen and oxygen atoms in total. The Hall–Kier alpha value is -2.75. The molecule has 1 heterocycles. The molecule has 1 fully saturated rings. The van der Waals surface area contributed by atoms with Crippen LogP contribution in [0.4, 0.5) is 24.5 Å². The van der Waals surface area contributed by atoms with Crippen molar-refractivity contribution in [1.82, 2.24) is 0 Å². The predicted octanol–water partition coefficient (Wildman–Crippen LogP) is 3.21. The number of alkyl halides is 3. The Morgan fingerprint density at radius 2 is 1.72 bits per heavy atom. The van der Waals surface area contributed by atoms with E-state index in [1.165, 1.54) is 12.1 Å². The van der Waals surface area contributed by atoms with Crippen LogP contribution in [0, 0.1) is 5.92 Å². The number of sulfonamides is 1. The highest BCUT2D eigenvalue weighted by molar-refractivity contribution is 7.92. The summed E-state index contributed by atoms with van der Waals surface area (Å²) < 4.78 is 67.0. The molecule has 0 spiro atoms. The lowest BCUT2D eigenvalue weighted by molar-refractivity contribution is -0.139. The lowest BCUT2D eigenvalue weighted by atomic mass is 9.96. The average molecular weight is 427 g/mol. The van der Waals surface area contributed by atoms with Gasteiger partial charge < -0.3 is 10.6 Å². The Bertz CT molecular complexity index is 1000. The number of primary amides is 1. The first-order valence-corrected chi connectivity index (χ1v) is 10.4. The van der Waals surface area contributed by atoms with Crippen molar-refractivity contribution in [3.63, 3.8) is 0 Å². The Labute approximate surface area is 166 Å². The number of hydrogen-bond donors (Lipinski definition) is 2. The number of anilines is 2. The van der Waals surface area contributed by atoms with Crippen LogP contribution in [0.5, 0.6) is 0 Å². The van der Waals surface area contributed by atoms with Crippen molar-refractivity contribution in [2.75, 3.05) is 22.7 Å². The minimum absolute atomic E-state index is 0.150. The van der Waals surface area contributed by atoms with Gasteiger partial charge in [0.1, 0.15) is 0 Å². The topological polar surface area (TPSA) is 92.5 Å². The number of carbonyl (C=O) groups is 1. The van der Waals surface area contributed by atoms with Crippen LogP contribution in [0.15, 0.2) is 53.4 Å². The van der Waals surface area contributed by atoms with Gasteiger partial charge >= 0.3 is 6.18 Å². The van der Waals surface area contributed by atoms with Gasteiger partial charge in [-0.1, -0.05) is 18.2 Å². The third-order valence-corrected chi connectivity index (χ3v) is 6.28. The van der Waals surface area contributed by atoms with E-state index in [1.807, 2.05) is 4.90 Å². The van der Waals surface area contributed by atoms with Crippen LogP contribution in [0.2, 0.25) is 0 Å². The van der Waals surface area contributed by atoms with Crippen molar-refractivity contribution in [2.45, 2.75) is 23.9 Å². The first-order chi connectivity index (χ1) is 13.6. The van der Waals surface area contributed by atoms with Crippen molar-refractivity contribution in [1.29, 1.82) is 0 Å². The molecular formula is C19H20F3N3O3S. The van der Waals surface area contributed by atoms with E-state index in [1.54, 1.807) is 18.2 Å². The second kappa shape index (κ2) is 7.94. The quantitative estimate of drug-likeness (QED) is 0.767. The number of nitrogens with zero attached hydrogens (tertiary/aromatic N) is 1. The van der Waals surface area contributed by atoms with Crippen LogP contribution >= 0.6 is 0 Å². The number of nitrogens with two attached hydrogens (primary N) is 1. The fraction of sp³-hybridized carbons (Fsp3) is 0.316. The highest BCUT2D eigenvalue weighted by Crippen LogP contribution is 2.35. The number of benzene rings is 2. The van der Waals surface area contributed by atoms with Gasteiger partial charge in [-0.05, 0) is 43.2 Å². The van der Waals surface area contributed by atoms with Gasteiger partial charge in [0.05, 0.1) is 16.1 Å². The summed E-state index contributed by atoms with van der Waals surface area (Å²) in [7, 11) is -4.44. The number of nitrogens with one attached hydrogen (secondary N) is 1. The maximum Gasteiger partial charge on any atom is 0.417 e. The fourth-order valence-corrected chi connectivity index (χ4v) is 4.61. The monoisotopic (exact) mass is 427 g/mol. The number of carbonyl (C=O) groups excluding carboxylic acids is 1. The van der Waals surface area contributed by atoms with E-state index in [0.717, 1.165) is 18.2 Å². The van der Waals surface area contributed by atoms with Crippen LogP contribution in [0.25, 0.3) is 0 Å². The molecule has 0 aromatic heterocycles. The largest absolute Gasteiger partial charge is 0.417 e. The van der Waals surface area contributed by atoms with E-state index in [4.69, 9.17) is 5.73 Å². The molecule has 1 amide bonds. The summed E-state index contributed by atoms with van der Waals surface area (Å²) in [4.78, 5) is 12.4. The Kier molecular flexibility index (Phi) is 5.74. The van der Waals surface area contributed by atoms with E-state index in [-0.39, 0.29) is 17.5 Å². The SMILES string of the molecule is NC(=O)C1CCN(c2cccc(NS(=O)(=O)c3ccccc3C(F)(F)F)c2)CC1. The summed E-state index contributed by atoms with van der Waals surface area (Å²) >= 11 is 0. The molecule has 2 aromatic rings. The van der Waals surface area contributed by atoms with Crippen molar-refractivity contribution in [3.8, 4) is 0 Å². The lowest BCUT2D eigenvalue weighted by Crippen LogP contribution is -2.38. The van der Waals surface area contributed by atoms with Crippen molar-refractivity contribution in [3.05, 3.63) is 54.1 Å². The average Bonchev–Trinajstić information content (AvgIpc) is 2.67. The van der Waals surface area contributed by atoms with Gasteiger partial charge in [-0.25, -0.2) is 8.42 Å². The molecule has 2 aromatic carbocycles. The zero-order chi connectivity index (χ0) is 21.2. The maximum absolute atomic E-state index is 13.2. The molecule has 0 bridgehead atoms. The van der Waals surface area contributed by atoms with Crippen LogP contribution in [-0.4, -0.2) is 27.4 Å². The minimum Gasteiger partial charge on any atom is -0.371 e. The Balaban J connectivity index is 1.82. The van der Waals surface area contributed by atoms with Crippen LogP contribution in [0.3, 0.4) is 0 Å². The second-order valence-electron chi connectivity index (χ2n) is 6.81. The Morgan fingerprint density at radius 3 is 2.34 bits per heavy atom. The molecule has 0 unspecified atom stereocenters. The molecule has 1 saturated heterocycles. The number of rotatable bonds is 5. The molecule has 10 heteroatoms. The Morgan fingerprint density at radius 1 is 1.07 bits per heavy atom. The third-order valence-electron chi connectivity index (χ3n) is 4.84. The van der Waals surface area contributed by atoms with Crippen molar-refractivity contribution >= 4 is 27.3 Å². The number of halogens is 3. The minimum atomic E-state index is -4.79. The summed E-state index contributed by atoms with van der Waals surface area (Å²) in [6.07, 6.45) is -3.62. The van der Waals surface area contributed by atoms with E-state index >= 15 is 0 Å². The molecule has 156 valence electrons. The van der Waals surface area contributed by atoms with Gasteiger partial charge in [0.2, 0.25) is 5.91 Å². The maximum atomic E-state index is 13.2. The van der Waals surface area contributed by atoms with Crippen LogP contribution in [-0.2, 0) is 21.0 Å². The van der Waals surface area contributed by atoms with Gasteiger partial charge in [0.15, 0.2) is 0 Å². The summed E-state index contributed by atoms with van der Waals surface area (Å²) in [5, 5.41) is 0. The molecule has 29 heavy (non-hydrogen) atoms. The first kappa shape index (κ1) is 21.0. The first-order valence-electron chi connectivity index (χ1n) is 8.91. The smallest absolute Gasteiger partial charge is 0.371 e. The zero-order valence-electron chi connectivity index (χ0n) is 15.3. The molecule has 0 saturated carbocycles. The zero-order valence-corrected chi connectivity index (χ0v) is 16.1. The van der Waals surface area contributed by atoms with E-state index < -0.39 is 26.7 Å².